The third kappa shape index (κ3) is 4.10. The minimum Gasteiger partial charge on any atom is -0.463 e. The highest BCUT2D eigenvalue weighted by Crippen LogP contribution is 2.24. The largest absolute Gasteiger partial charge is 0.463 e. The fourth-order valence-electron chi connectivity index (χ4n) is 1.57. The van der Waals surface area contributed by atoms with Crippen molar-refractivity contribution in [3.05, 3.63) is 66.9 Å². The lowest BCUT2D eigenvalue weighted by molar-refractivity contribution is 0.431. The lowest BCUT2D eigenvalue weighted by atomic mass is 10.1. The molecule has 0 radical (unpaired) electrons. The first-order valence-electron chi connectivity index (χ1n) is 6.24. The Kier molecular flexibility index (Phi) is 5.72. The summed E-state index contributed by atoms with van der Waals surface area (Å²) in [5.74, 6) is 1.53. The summed E-state index contributed by atoms with van der Waals surface area (Å²) in [6.45, 7) is 9.57. The Bertz CT molecular complexity index is 486. The Morgan fingerprint density at radius 1 is 0.889 bits per heavy atom. The molecule has 0 aliphatic carbocycles. The smallest absolute Gasteiger partial charge is 0.127 e. The van der Waals surface area contributed by atoms with E-state index in [1.54, 1.807) is 0 Å². The highest BCUT2D eigenvalue weighted by atomic mass is 16.5. The molecule has 0 saturated carbocycles. The average Bonchev–Trinajstić information content (AvgIpc) is 2.42. The van der Waals surface area contributed by atoms with E-state index in [-0.39, 0.29) is 0 Å². The minimum absolute atomic E-state index is 0.699. The highest BCUT2D eigenvalue weighted by Gasteiger charge is 1.99. The van der Waals surface area contributed by atoms with Crippen molar-refractivity contribution in [2.24, 2.45) is 0 Å². The number of benzene rings is 2. The summed E-state index contributed by atoms with van der Waals surface area (Å²) in [6, 6.07) is 18.2. The Labute approximate surface area is 110 Å². The van der Waals surface area contributed by atoms with Gasteiger partial charge in [-0.25, -0.2) is 0 Å². The van der Waals surface area contributed by atoms with Gasteiger partial charge >= 0.3 is 0 Å². The van der Waals surface area contributed by atoms with Crippen molar-refractivity contribution in [2.45, 2.75) is 20.8 Å². The SMILES string of the molecule is C=C(C)Oc1cccc(-c2ccccc2)c1.CC. The summed E-state index contributed by atoms with van der Waals surface area (Å²) < 4.78 is 5.48. The maximum Gasteiger partial charge on any atom is 0.127 e. The van der Waals surface area contributed by atoms with Crippen LogP contribution in [0.2, 0.25) is 0 Å². The molecular formula is C17H20O. The molecule has 0 aliphatic rings. The molecule has 0 fully saturated rings. The monoisotopic (exact) mass is 240 g/mol. The number of hydrogen-bond acceptors (Lipinski definition) is 1. The zero-order valence-electron chi connectivity index (χ0n) is 11.3. The van der Waals surface area contributed by atoms with E-state index in [2.05, 4.69) is 24.8 Å². The van der Waals surface area contributed by atoms with Gasteiger partial charge < -0.3 is 4.74 Å². The predicted molar refractivity (Wildman–Crippen MR) is 78.7 cm³/mol. The van der Waals surface area contributed by atoms with E-state index >= 15 is 0 Å². The zero-order chi connectivity index (χ0) is 13.4. The van der Waals surface area contributed by atoms with Gasteiger partial charge in [0.1, 0.15) is 5.75 Å². The van der Waals surface area contributed by atoms with Gasteiger partial charge in [0, 0.05) is 0 Å². The molecule has 1 heteroatoms. The van der Waals surface area contributed by atoms with Crippen LogP contribution in [0.25, 0.3) is 11.1 Å². The fraction of sp³-hybridized carbons (Fsp3) is 0.176. The Balaban J connectivity index is 0.000000771. The second-order valence-electron chi connectivity index (χ2n) is 3.70. The summed E-state index contributed by atoms with van der Waals surface area (Å²) in [7, 11) is 0. The lowest BCUT2D eigenvalue weighted by Gasteiger charge is -2.07. The first-order chi connectivity index (χ1) is 8.75. The third-order valence-electron chi connectivity index (χ3n) is 2.23. The molecule has 0 amide bonds. The number of ether oxygens (including phenoxy) is 1. The van der Waals surface area contributed by atoms with Crippen molar-refractivity contribution in [3.8, 4) is 16.9 Å². The van der Waals surface area contributed by atoms with Crippen molar-refractivity contribution in [2.75, 3.05) is 0 Å². The predicted octanol–water partition coefficient (Wildman–Crippen LogP) is 5.29. The van der Waals surface area contributed by atoms with E-state index in [4.69, 9.17) is 4.74 Å². The van der Waals surface area contributed by atoms with Crippen LogP contribution in [0.1, 0.15) is 20.8 Å². The second-order valence-corrected chi connectivity index (χ2v) is 3.70. The Hall–Kier alpha value is -2.02. The minimum atomic E-state index is 0.699. The summed E-state index contributed by atoms with van der Waals surface area (Å²) in [6.07, 6.45) is 0. The molecule has 2 aromatic rings. The molecule has 1 nitrogen and oxygen atoms in total. The molecule has 0 N–H and O–H groups in total. The standard InChI is InChI=1S/C15H14O.C2H6/c1-12(2)16-15-10-6-9-14(11-15)13-7-4-3-5-8-13;1-2/h3-11H,1H2,2H3;1-2H3. The molecule has 94 valence electrons. The zero-order valence-corrected chi connectivity index (χ0v) is 11.3. The van der Waals surface area contributed by atoms with Gasteiger partial charge in [-0.1, -0.05) is 62.9 Å². The van der Waals surface area contributed by atoms with Gasteiger partial charge in [0.15, 0.2) is 0 Å². The van der Waals surface area contributed by atoms with Gasteiger partial charge in [0.2, 0.25) is 0 Å². The molecule has 0 atom stereocenters. The van der Waals surface area contributed by atoms with Crippen molar-refractivity contribution >= 4 is 0 Å². The van der Waals surface area contributed by atoms with E-state index < -0.39 is 0 Å². The maximum absolute atomic E-state index is 5.48. The van der Waals surface area contributed by atoms with Gasteiger partial charge in [-0.3, -0.25) is 0 Å². The van der Waals surface area contributed by atoms with Gasteiger partial charge in [-0.15, -0.1) is 0 Å². The van der Waals surface area contributed by atoms with Crippen LogP contribution in [0.15, 0.2) is 66.9 Å². The fourth-order valence-corrected chi connectivity index (χ4v) is 1.57. The van der Waals surface area contributed by atoms with Crippen LogP contribution in [-0.4, -0.2) is 0 Å². The number of hydrogen-bond donors (Lipinski definition) is 0. The molecular weight excluding hydrogens is 220 g/mol. The summed E-state index contributed by atoms with van der Waals surface area (Å²) in [4.78, 5) is 0. The molecule has 18 heavy (non-hydrogen) atoms. The van der Waals surface area contributed by atoms with Crippen LogP contribution in [0, 0.1) is 0 Å². The molecule has 0 bridgehead atoms. The highest BCUT2D eigenvalue weighted by molar-refractivity contribution is 5.64. The van der Waals surface area contributed by atoms with Crippen LogP contribution in [0.5, 0.6) is 5.75 Å². The van der Waals surface area contributed by atoms with Crippen LogP contribution in [0.4, 0.5) is 0 Å². The van der Waals surface area contributed by atoms with E-state index in [0.29, 0.717) is 5.76 Å². The number of allylic oxidation sites excluding steroid dienone is 1. The maximum atomic E-state index is 5.48. The van der Waals surface area contributed by atoms with E-state index in [1.807, 2.05) is 57.2 Å². The first-order valence-corrected chi connectivity index (χ1v) is 6.24. The Morgan fingerprint density at radius 2 is 1.50 bits per heavy atom. The normalized spacial score (nSPS) is 9.06. The molecule has 0 aliphatic heterocycles. The lowest BCUT2D eigenvalue weighted by Crippen LogP contribution is -1.88. The Morgan fingerprint density at radius 3 is 2.11 bits per heavy atom. The molecule has 0 unspecified atom stereocenters. The van der Waals surface area contributed by atoms with Gasteiger partial charge in [-0.05, 0) is 30.2 Å². The van der Waals surface area contributed by atoms with E-state index in [9.17, 15) is 0 Å². The molecule has 0 spiro atoms. The summed E-state index contributed by atoms with van der Waals surface area (Å²) in [5.41, 5.74) is 2.34. The number of rotatable bonds is 3. The van der Waals surface area contributed by atoms with Gasteiger partial charge in [0.25, 0.3) is 0 Å². The van der Waals surface area contributed by atoms with Gasteiger partial charge in [-0.2, -0.15) is 0 Å². The van der Waals surface area contributed by atoms with Crippen LogP contribution < -0.4 is 4.74 Å². The molecule has 2 rings (SSSR count). The first kappa shape index (κ1) is 14.0. The second kappa shape index (κ2) is 7.33. The molecule has 0 heterocycles. The van der Waals surface area contributed by atoms with Crippen LogP contribution in [-0.2, 0) is 0 Å². The quantitative estimate of drug-likeness (QED) is 0.662. The summed E-state index contributed by atoms with van der Waals surface area (Å²) >= 11 is 0. The molecule has 0 aromatic heterocycles. The average molecular weight is 240 g/mol. The van der Waals surface area contributed by atoms with E-state index in [1.165, 1.54) is 5.56 Å². The topological polar surface area (TPSA) is 9.23 Å². The third-order valence-corrected chi connectivity index (χ3v) is 2.23. The van der Waals surface area contributed by atoms with Gasteiger partial charge in [0.05, 0.1) is 5.76 Å². The van der Waals surface area contributed by atoms with Crippen molar-refractivity contribution < 1.29 is 4.74 Å². The van der Waals surface area contributed by atoms with Crippen molar-refractivity contribution in [1.29, 1.82) is 0 Å². The summed E-state index contributed by atoms with van der Waals surface area (Å²) in [5, 5.41) is 0. The van der Waals surface area contributed by atoms with Crippen LogP contribution in [0.3, 0.4) is 0 Å². The van der Waals surface area contributed by atoms with Crippen LogP contribution >= 0.6 is 0 Å². The van der Waals surface area contributed by atoms with E-state index in [0.717, 1.165) is 11.3 Å². The van der Waals surface area contributed by atoms with Crippen molar-refractivity contribution in [1.82, 2.24) is 0 Å². The molecule has 2 aromatic carbocycles. The van der Waals surface area contributed by atoms with Crippen molar-refractivity contribution in [3.63, 3.8) is 0 Å². The molecule has 0 saturated heterocycles.